The molecule has 9 heteroatoms. The monoisotopic (exact) mass is 599 g/mol. The zero-order chi connectivity index (χ0) is 27.7. The van der Waals surface area contributed by atoms with Crippen LogP contribution >= 0.6 is 15.9 Å². The number of halogens is 1. The Hall–Kier alpha value is -3.17. The van der Waals surface area contributed by atoms with Crippen LogP contribution in [0.25, 0.3) is 0 Å². The lowest BCUT2D eigenvalue weighted by molar-refractivity contribution is -0.139. The standard InChI is InChI=1S/C29H34BrN3O4S/c1-4-27(29(35)31-5-2)32(19-18-23-10-7-6-8-11-23)28(34)21-33(25-13-9-12-24(30)20-25)38(36,37)26-16-14-22(3)15-17-26/h6-17,20,27H,4-5,18-19,21H2,1-3H3,(H,31,35)/t27-/m1/s1. The number of nitrogens with zero attached hydrogens (tertiary/aromatic N) is 2. The van der Waals surface area contributed by atoms with Gasteiger partial charge in [-0.1, -0.05) is 76.9 Å². The number of hydrogen-bond donors (Lipinski definition) is 1. The molecule has 2 amide bonds. The predicted octanol–water partition coefficient (Wildman–Crippen LogP) is 4.94. The van der Waals surface area contributed by atoms with E-state index in [1.165, 1.54) is 17.0 Å². The second-order valence-electron chi connectivity index (χ2n) is 8.95. The van der Waals surface area contributed by atoms with Crippen molar-refractivity contribution in [1.82, 2.24) is 10.2 Å². The summed E-state index contributed by atoms with van der Waals surface area (Å²) in [6.07, 6.45) is 0.929. The van der Waals surface area contributed by atoms with Gasteiger partial charge in [0.25, 0.3) is 10.0 Å². The van der Waals surface area contributed by atoms with Crippen LogP contribution in [0.3, 0.4) is 0 Å². The van der Waals surface area contributed by atoms with Gasteiger partial charge in [-0.3, -0.25) is 13.9 Å². The quantitative estimate of drug-likeness (QED) is 0.319. The van der Waals surface area contributed by atoms with Gasteiger partial charge >= 0.3 is 0 Å². The highest BCUT2D eigenvalue weighted by Gasteiger charge is 2.33. The second-order valence-corrected chi connectivity index (χ2v) is 11.7. The Kier molecular flexibility index (Phi) is 10.5. The fourth-order valence-electron chi connectivity index (χ4n) is 4.19. The Bertz CT molecular complexity index is 1330. The fourth-order valence-corrected chi connectivity index (χ4v) is 5.98. The molecule has 3 aromatic rings. The van der Waals surface area contributed by atoms with E-state index < -0.39 is 28.5 Å². The maximum atomic E-state index is 13.9. The van der Waals surface area contributed by atoms with Gasteiger partial charge in [-0.15, -0.1) is 0 Å². The van der Waals surface area contributed by atoms with Gasteiger partial charge < -0.3 is 10.2 Å². The highest BCUT2D eigenvalue weighted by atomic mass is 79.9. The van der Waals surface area contributed by atoms with Gasteiger partial charge in [0, 0.05) is 17.6 Å². The Morgan fingerprint density at radius 1 is 0.947 bits per heavy atom. The molecule has 0 aromatic heterocycles. The van der Waals surface area contributed by atoms with Crippen molar-refractivity contribution in [3.8, 4) is 0 Å². The molecule has 7 nitrogen and oxygen atoms in total. The number of anilines is 1. The molecule has 0 heterocycles. The van der Waals surface area contributed by atoms with Crippen molar-refractivity contribution >= 4 is 43.5 Å². The van der Waals surface area contributed by atoms with Gasteiger partial charge in [-0.25, -0.2) is 8.42 Å². The molecule has 0 aliphatic rings. The molecule has 202 valence electrons. The zero-order valence-electron chi connectivity index (χ0n) is 21.9. The first-order valence-corrected chi connectivity index (χ1v) is 14.9. The van der Waals surface area contributed by atoms with E-state index in [0.717, 1.165) is 15.4 Å². The van der Waals surface area contributed by atoms with E-state index in [1.54, 1.807) is 36.4 Å². The molecule has 0 bridgehead atoms. The maximum absolute atomic E-state index is 13.9. The number of benzene rings is 3. The van der Waals surface area contributed by atoms with Crippen LogP contribution in [-0.4, -0.2) is 50.8 Å². The molecule has 1 N–H and O–H groups in total. The number of carbonyl (C=O) groups is 2. The largest absolute Gasteiger partial charge is 0.355 e. The fraction of sp³-hybridized carbons (Fsp3) is 0.310. The molecular formula is C29H34BrN3O4S. The zero-order valence-corrected chi connectivity index (χ0v) is 24.3. The average Bonchev–Trinajstić information content (AvgIpc) is 2.90. The third-order valence-electron chi connectivity index (χ3n) is 6.21. The molecule has 3 aromatic carbocycles. The lowest BCUT2D eigenvalue weighted by Gasteiger charge is -2.33. The molecule has 0 spiro atoms. The van der Waals surface area contributed by atoms with E-state index in [0.29, 0.717) is 29.5 Å². The number of likely N-dealkylation sites (N-methyl/N-ethyl adjacent to an activating group) is 1. The van der Waals surface area contributed by atoms with Crippen LogP contribution in [0, 0.1) is 6.92 Å². The first kappa shape index (κ1) is 29.4. The van der Waals surface area contributed by atoms with Crippen molar-refractivity contribution in [3.05, 3.63) is 94.5 Å². The highest BCUT2D eigenvalue weighted by Crippen LogP contribution is 2.27. The third-order valence-corrected chi connectivity index (χ3v) is 8.49. The number of sulfonamides is 1. The smallest absolute Gasteiger partial charge is 0.264 e. The maximum Gasteiger partial charge on any atom is 0.264 e. The Morgan fingerprint density at radius 2 is 1.63 bits per heavy atom. The lowest BCUT2D eigenvalue weighted by atomic mass is 10.1. The highest BCUT2D eigenvalue weighted by molar-refractivity contribution is 9.10. The van der Waals surface area contributed by atoms with Gasteiger partial charge in [0.15, 0.2) is 0 Å². The second kappa shape index (κ2) is 13.6. The van der Waals surface area contributed by atoms with Crippen LogP contribution in [0.15, 0.2) is 88.2 Å². The molecule has 0 unspecified atom stereocenters. The minimum absolute atomic E-state index is 0.0856. The van der Waals surface area contributed by atoms with E-state index in [4.69, 9.17) is 0 Å². The molecule has 0 fully saturated rings. The lowest BCUT2D eigenvalue weighted by Crippen LogP contribution is -2.53. The van der Waals surface area contributed by atoms with E-state index in [-0.39, 0.29) is 17.3 Å². The Morgan fingerprint density at radius 3 is 2.24 bits per heavy atom. The summed E-state index contributed by atoms with van der Waals surface area (Å²) in [4.78, 5) is 28.4. The average molecular weight is 601 g/mol. The van der Waals surface area contributed by atoms with Crippen molar-refractivity contribution in [3.63, 3.8) is 0 Å². The van der Waals surface area contributed by atoms with Crippen LogP contribution < -0.4 is 9.62 Å². The first-order valence-electron chi connectivity index (χ1n) is 12.6. The number of amides is 2. The van der Waals surface area contributed by atoms with E-state index >= 15 is 0 Å². The van der Waals surface area contributed by atoms with Gasteiger partial charge in [0.1, 0.15) is 12.6 Å². The number of nitrogens with one attached hydrogen (secondary N) is 1. The minimum Gasteiger partial charge on any atom is -0.355 e. The van der Waals surface area contributed by atoms with Crippen molar-refractivity contribution in [2.75, 3.05) is 23.9 Å². The molecule has 3 rings (SSSR count). The SMILES string of the molecule is CCNC(=O)[C@@H](CC)N(CCc1ccccc1)C(=O)CN(c1cccc(Br)c1)S(=O)(=O)c1ccc(C)cc1. The van der Waals surface area contributed by atoms with Gasteiger partial charge in [-0.05, 0) is 62.6 Å². The number of carbonyl (C=O) groups excluding carboxylic acids is 2. The van der Waals surface area contributed by atoms with Crippen LogP contribution in [-0.2, 0) is 26.0 Å². The van der Waals surface area contributed by atoms with Crippen LogP contribution in [0.1, 0.15) is 31.4 Å². The predicted molar refractivity (Wildman–Crippen MR) is 154 cm³/mol. The first-order chi connectivity index (χ1) is 18.2. The number of rotatable bonds is 12. The summed E-state index contributed by atoms with van der Waals surface area (Å²) in [6, 6.07) is 22.3. The summed E-state index contributed by atoms with van der Waals surface area (Å²) in [6.45, 7) is 5.80. The van der Waals surface area contributed by atoms with Crippen LogP contribution in [0.2, 0.25) is 0 Å². The van der Waals surface area contributed by atoms with Gasteiger partial charge in [0.2, 0.25) is 11.8 Å². The van der Waals surface area contributed by atoms with E-state index in [2.05, 4.69) is 21.2 Å². The molecule has 0 aliphatic heterocycles. The van der Waals surface area contributed by atoms with Gasteiger partial charge in [-0.2, -0.15) is 0 Å². The van der Waals surface area contributed by atoms with Crippen LogP contribution in [0.5, 0.6) is 0 Å². The molecule has 38 heavy (non-hydrogen) atoms. The van der Waals surface area contributed by atoms with Gasteiger partial charge in [0.05, 0.1) is 10.6 Å². The summed E-state index contributed by atoms with van der Waals surface area (Å²) in [5.74, 6) is -0.707. The summed E-state index contributed by atoms with van der Waals surface area (Å²) in [5, 5.41) is 2.81. The molecule has 0 saturated heterocycles. The molecular weight excluding hydrogens is 566 g/mol. The van der Waals surface area contributed by atoms with Crippen molar-refractivity contribution in [1.29, 1.82) is 0 Å². The summed E-state index contributed by atoms with van der Waals surface area (Å²) >= 11 is 3.41. The number of aryl methyl sites for hydroxylation is 1. The Balaban J connectivity index is 2.00. The Labute approximate surface area is 234 Å². The number of hydrogen-bond acceptors (Lipinski definition) is 4. The van der Waals surface area contributed by atoms with Crippen LogP contribution in [0.4, 0.5) is 5.69 Å². The van der Waals surface area contributed by atoms with Crippen molar-refractivity contribution < 1.29 is 18.0 Å². The summed E-state index contributed by atoms with van der Waals surface area (Å²) in [5.41, 5.74) is 2.29. The van der Waals surface area contributed by atoms with E-state index in [1.807, 2.05) is 51.1 Å². The van der Waals surface area contributed by atoms with E-state index in [9.17, 15) is 18.0 Å². The molecule has 0 aliphatic carbocycles. The summed E-state index contributed by atoms with van der Waals surface area (Å²) < 4.78 is 29.5. The topological polar surface area (TPSA) is 86.8 Å². The van der Waals surface area contributed by atoms with Crippen molar-refractivity contribution in [2.45, 2.75) is 44.6 Å². The summed E-state index contributed by atoms with van der Waals surface area (Å²) in [7, 11) is -4.08. The normalized spacial score (nSPS) is 12.0. The third kappa shape index (κ3) is 7.45. The van der Waals surface area contributed by atoms with Crippen molar-refractivity contribution in [2.24, 2.45) is 0 Å². The minimum atomic E-state index is -4.08. The molecule has 0 radical (unpaired) electrons. The molecule has 0 saturated carbocycles. The molecule has 1 atom stereocenters.